The molecule has 1 aromatic carbocycles. The molecule has 5 nitrogen and oxygen atoms in total. The molecule has 4 aromatic rings. The average Bonchev–Trinajstić information content (AvgIpc) is 3.40. The number of fused-ring (bicyclic) bond motifs is 1. The van der Waals surface area contributed by atoms with E-state index in [9.17, 15) is 4.79 Å². The van der Waals surface area contributed by atoms with Gasteiger partial charge in [0.1, 0.15) is 11.5 Å². The van der Waals surface area contributed by atoms with Crippen molar-refractivity contribution in [2.45, 2.75) is 19.9 Å². The molecule has 0 radical (unpaired) electrons. The Bertz CT molecular complexity index is 1090. The number of carbonyl (C=O) groups is 1. The summed E-state index contributed by atoms with van der Waals surface area (Å²) in [5, 5.41) is 0.632. The summed E-state index contributed by atoms with van der Waals surface area (Å²) in [5.41, 5.74) is 0.833. The Hall–Kier alpha value is -2.35. The lowest BCUT2D eigenvalue weighted by molar-refractivity contribution is -0.118. The van der Waals surface area contributed by atoms with Gasteiger partial charge in [-0.15, -0.1) is 11.3 Å². The molecule has 1 amide bonds. The molecule has 3 heterocycles. The second-order valence-corrected chi connectivity index (χ2v) is 8.81. The van der Waals surface area contributed by atoms with Gasteiger partial charge in [-0.3, -0.25) is 9.69 Å². The summed E-state index contributed by atoms with van der Waals surface area (Å²) in [5.74, 6) is 1.44. The van der Waals surface area contributed by atoms with Crippen LogP contribution in [0.5, 0.6) is 5.75 Å². The molecule has 0 saturated heterocycles. The first kappa shape index (κ1) is 19.0. The highest BCUT2D eigenvalue weighted by Gasteiger charge is 2.22. The number of carbonyl (C=O) groups excluding carboxylic acids is 1. The molecular formula is C20H17ClN2O3S2. The van der Waals surface area contributed by atoms with Crippen LogP contribution in [0.15, 0.2) is 53.1 Å². The lowest BCUT2D eigenvalue weighted by Gasteiger charge is -2.18. The quantitative estimate of drug-likeness (QED) is 0.371. The van der Waals surface area contributed by atoms with Crippen molar-refractivity contribution in [2.75, 3.05) is 11.5 Å². The Morgan fingerprint density at radius 2 is 2.14 bits per heavy atom. The van der Waals surface area contributed by atoms with Crippen LogP contribution < -0.4 is 9.64 Å². The van der Waals surface area contributed by atoms with Gasteiger partial charge in [0.2, 0.25) is 5.91 Å². The van der Waals surface area contributed by atoms with Crippen LogP contribution in [0, 0.1) is 0 Å². The van der Waals surface area contributed by atoms with Gasteiger partial charge in [0.25, 0.3) is 0 Å². The highest BCUT2D eigenvalue weighted by atomic mass is 35.5. The van der Waals surface area contributed by atoms with E-state index < -0.39 is 0 Å². The van der Waals surface area contributed by atoms with Crippen molar-refractivity contribution in [3.05, 3.63) is 63.7 Å². The summed E-state index contributed by atoms with van der Waals surface area (Å²) >= 11 is 8.88. The van der Waals surface area contributed by atoms with E-state index in [0.29, 0.717) is 28.4 Å². The zero-order chi connectivity index (χ0) is 19.5. The van der Waals surface area contributed by atoms with Crippen LogP contribution in [0.4, 0.5) is 5.13 Å². The molecule has 0 aliphatic heterocycles. The van der Waals surface area contributed by atoms with E-state index >= 15 is 0 Å². The van der Waals surface area contributed by atoms with Gasteiger partial charge in [0.15, 0.2) is 5.13 Å². The van der Waals surface area contributed by atoms with E-state index in [1.807, 2.05) is 43.3 Å². The predicted octanol–water partition coefficient (Wildman–Crippen LogP) is 5.78. The van der Waals surface area contributed by atoms with Crippen molar-refractivity contribution in [3.8, 4) is 5.75 Å². The van der Waals surface area contributed by atoms with Crippen LogP contribution in [0.25, 0.3) is 10.2 Å². The number of hydrogen-bond donors (Lipinski definition) is 0. The van der Waals surface area contributed by atoms with Gasteiger partial charge in [0.05, 0.1) is 40.4 Å². The molecule has 0 aliphatic rings. The Morgan fingerprint density at radius 1 is 1.25 bits per heavy atom. The summed E-state index contributed by atoms with van der Waals surface area (Å²) in [6, 6.07) is 13.1. The fraction of sp³-hybridized carbons (Fsp3) is 0.200. The lowest BCUT2D eigenvalue weighted by atomic mass is 10.3. The molecular weight excluding hydrogens is 416 g/mol. The molecule has 0 saturated carbocycles. The first-order chi connectivity index (χ1) is 13.6. The second kappa shape index (κ2) is 8.34. The maximum Gasteiger partial charge on any atom is 0.234 e. The number of halogens is 1. The minimum Gasteiger partial charge on any atom is -0.494 e. The molecule has 0 unspecified atom stereocenters. The summed E-state index contributed by atoms with van der Waals surface area (Å²) in [4.78, 5) is 20.3. The summed E-state index contributed by atoms with van der Waals surface area (Å²) in [6.07, 6.45) is 1.86. The van der Waals surface area contributed by atoms with Crippen LogP contribution in [0.3, 0.4) is 0 Å². The minimum absolute atomic E-state index is 0.0565. The SMILES string of the molecule is CCOc1ccc2nc(N(Cc3ccco3)C(=O)Cc3ccc(Cl)s3)sc2c1. The standard InChI is InChI=1S/C20H17ClN2O3S2/c1-2-25-13-5-7-16-17(10-13)28-20(22-16)23(12-14-4-3-9-26-14)19(24)11-15-6-8-18(21)27-15/h3-10H,2,11-12H2,1H3. The third-order valence-electron chi connectivity index (χ3n) is 4.04. The number of nitrogens with zero attached hydrogens (tertiary/aromatic N) is 2. The van der Waals surface area contributed by atoms with Crippen molar-refractivity contribution in [1.82, 2.24) is 4.98 Å². The number of hydrogen-bond acceptors (Lipinski definition) is 6. The Labute approximate surface area is 175 Å². The number of amides is 1. The van der Waals surface area contributed by atoms with Gasteiger partial charge in [0, 0.05) is 4.88 Å². The van der Waals surface area contributed by atoms with Crippen LogP contribution in [0.2, 0.25) is 4.34 Å². The number of ether oxygens (including phenoxy) is 1. The second-order valence-electron chi connectivity index (χ2n) is 6.00. The van der Waals surface area contributed by atoms with Gasteiger partial charge in [-0.25, -0.2) is 4.98 Å². The minimum atomic E-state index is -0.0565. The molecule has 8 heteroatoms. The molecule has 0 aliphatic carbocycles. The number of furan rings is 1. The summed E-state index contributed by atoms with van der Waals surface area (Å²) in [6.45, 7) is 2.87. The Morgan fingerprint density at radius 3 is 2.86 bits per heavy atom. The van der Waals surface area contributed by atoms with Crippen molar-refractivity contribution in [1.29, 1.82) is 0 Å². The van der Waals surface area contributed by atoms with Crippen molar-refractivity contribution >= 4 is 55.5 Å². The Balaban J connectivity index is 1.65. The third-order valence-corrected chi connectivity index (χ3v) is 6.31. The maximum atomic E-state index is 13.1. The van der Waals surface area contributed by atoms with Gasteiger partial charge in [-0.2, -0.15) is 0 Å². The fourth-order valence-electron chi connectivity index (χ4n) is 2.78. The van der Waals surface area contributed by atoms with E-state index in [1.165, 1.54) is 22.7 Å². The third kappa shape index (κ3) is 4.22. The molecule has 144 valence electrons. The monoisotopic (exact) mass is 432 g/mol. The highest BCUT2D eigenvalue weighted by molar-refractivity contribution is 7.22. The van der Waals surface area contributed by atoms with Crippen LogP contribution in [-0.2, 0) is 17.8 Å². The molecule has 0 N–H and O–H groups in total. The molecule has 3 aromatic heterocycles. The van der Waals surface area contributed by atoms with Crippen LogP contribution >= 0.6 is 34.3 Å². The first-order valence-corrected chi connectivity index (χ1v) is 10.7. The topological polar surface area (TPSA) is 55.6 Å². The lowest BCUT2D eigenvalue weighted by Crippen LogP contribution is -2.31. The van der Waals surface area contributed by atoms with Gasteiger partial charge >= 0.3 is 0 Å². The summed E-state index contributed by atoms with van der Waals surface area (Å²) in [7, 11) is 0. The maximum absolute atomic E-state index is 13.1. The molecule has 0 atom stereocenters. The molecule has 4 rings (SSSR count). The van der Waals surface area contributed by atoms with Gasteiger partial charge in [-0.05, 0) is 49.4 Å². The van der Waals surface area contributed by atoms with Crippen molar-refractivity contribution in [3.63, 3.8) is 0 Å². The van der Waals surface area contributed by atoms with Gasteiger partial charge in [-0.1, -0.05) is 22.9 Å². The molecule has 0 fully saturated rings. The van der Waals surface area contributed by atoms with E-state index in [4.69, 9.17) is 20.8 Å². The molecule has 0 bridgehead atoms. The number of anilines is 1. The zero-order valence-electron chi connectivity index (χ0n) is 15.1. The molecule has 28 heavy (non-hydrogen) atoms. The number of thiazole rings is 1. The smallest absolute Gasteiger partial charge is 0.234 e. The van der Waals surface area contributed by atoms with Crippen LogP contribution in [-0.4, -0.2) is 17.5 Å². The Kier molecular flexibility index (Phi) is 5.66. The largest absolute Gasteiger partial charge is 0.494 e. The van der Waals surface area contributed by atoms with Gasteiger partial charge < -0.3 is 9.15 Å². The van der Waals surface area contributed by atoms with E-state index in [1.54, 1.807) is 17.2 Å². The van der Waals surface area contributed by atoms with E-state index in [-0.39, 0.29) is 12.3 Å². The van der Waals surface area contributed by atoms with E-state index in [2.05, 4.69) is 4.98 Å². The summed E-state index contributed by atoms with van der Waals surface area (Å²) < 4.78 is 12.7. The first-order valence-electron chi connectivity index (χ1n) is 8.72. The van der Waals surface area contributed by atoms with Crippen LogP contribution in [0.1, 0.15) is 17.6 Å². The van der Waals surface area contributed by atoms with E-state index in [0.717, 1.165) is 20.8 Å². The number of aromatic nitrogens is 1. The number of benzene rings is 1. The number of thiophene rings is 1. The highest BCUT2D eigenvalue weighted by Crippen LogP contribution is 2.33. The fourth-order valence-corrected chi connectivity index (χ4v) is 4.87. The average molecular weight is 433 g/mol. The zero-order valence-corrected chi connectivity index (χ0v) is 17.4. The van der Waals surface area contributed by atoms with Crippen molar-refractivity contribution < 1.29 is 13.9 Å². The number of rotatable bonds is 7. The van der Waals surface area contributed by atoms with Crippen molar-refractivity contribution in [2.24, 2.45) is 0 Å². The predicted molar refractivity (Wildman–Crippen MR) is 114 cm³/mol. The molecule has 0 spiro atoms. The normalized spacial score (nSPS) is 11.1.